The van der Waals surface area contributed by atoms with Crippen LogP contribution in [-0.2, 0) is 11.3 Å². The van der Waals surface area contributed by atoms with Gasteiger partial charge in [-0.05, 0) is 43.2 Å². The number of allylic oxidation sites excluding steroid dienone is 1. The van der Waals surface area contributed by atoms with E-state index in [4.69, 9.17) is 0 Å². The van der Waals surface area contributed by atoms with Crippen molar-refractivity contribution in [2.75, 3.05) is 6.54 Å². The van der Waals surface area contributed by atoms with Crippen molar-refractivity contribution in [1.29, 1.82) is 0 Å². The maximum Gasteiger partial charge on any atom is 0.254 e. The van der Waals surface area contributed by atoms with Crippen LogP contribution in [0.3, 0.4) is 0 Å². The number of benzene rings is 1. The Bertz CT molecular complexity index is 719. The molecule has 136 valence electrons. The first kappa shape index (κ1) is 19.4. The van der Waals surface area contributed by atoms with E-state index < -0.39 is 11.6 Å². The predicted octanol–water partition coefficient (Wildman–Crippen LogP) is 5.40. The molecule has 1 aromatic rings. The molecular formula is C21H27F2NO. The van der Waals surface area contributed by atoms with E-state index in [-0.39, 0.29) is 17.9 Å². The average Bonchev–Trinajstić information content (AvgIpc) is 2.54. The lowest BCUT2D eigenvalue weighted by Gasteiger charge is -2.35. The Kier molecular flexibility index (Phi) is 5.81. The molecule has 25 heavy (non-hydrogen) atoms. The van der Waals surface area contributed by atoms with E-state index in [9.17, 15) is 13.6 Å². The highest BCUT2D eigenvalue weighted by molar-refractivity contribution is 5.98. The molecule has 1 aromatic carbocycles. The lowest BCUT2D eigenvalue weighted by Crippen LogP contribution is -2.37. The molecule has 0 fully saturated rings. The zero-order chi connectivity index (χ0) is 18.8. The highest BCUT2D eigenvalue weighted by atomic mass is 19.1. The lowest BCUT2D eigenvalue weighted by molar-refractivity contribution is -0.128. The first-order chi connectivity index (χ1) is 11.7. The maximum absolute atomic E-state index is 14.0. The van der Waals surface area contributed by atoms with Gasteiger partial charge >= 0.3 is 0 Å². The van der Waals surface area contributed by atoms with E-state index >= 15 is 0 Å². The first-order valence-electron chi connectivity index (χ1n) is 8.80. The summed E-state index contributed by atoms with van der Waals surface area (Å²) in [5, 5.41) is 0. The van der Waals surface area contributed by atoms with Crippen molar-refractivity contribution in [2.24, 2.45) is 5.41 Å². The van der Waals surface area contributed by atoms with E-state index in [0.29, 0.717) is 24.1 Å². The minimum absolute atomic E-state index is 0.0731. The fraction of sp³-hybridized carbons (Fsp3) is 0.476. The van der Waals surface area contributed by atoms with Gasteiger partial charge in [0.25, 0.3) is 5.91 Å². The molecule has 0 aliphatic carbocycles. The van der Waals surface area contributed by atoms with Crippen LogP contribution >= 0.6 is 0 Å². The summed E-state index contributed by atoms with van der Waals surface area (Å²) in [7, 11) is 0. The highest BCUT2D eigenvalue weighted by Gasteiger charge is 2.32. The van der Waals surface area contributed by atoms with Crippen molar-refractivity contribution in [3.63, 3.8) is 0 Å². The molecule has 0 unspecified atom stereocenters. The summed E-state index contributed by atoms with van der Waals surface area (Å²) in [5.74, 6) is -1.34. The molecule has 0 bridgehead atoms. The molecule has 0 saturated heterocycles. The summed E-state index contributed by atoms with van der Waals surface area (Å²) in [4.78, 5) is 14.8. The van der Waals surface area contributed by atoms with Gasteiger partial charge in [0, 0.05) is 30.3 Å². The van der Waals surface area contributed by atoms with Gasteiger partial charge in [-0.3, -0.25) is 4.79 Å². The third-order valence-corrected chi connectivity index (χ3v) is 5.28. The lowest BCUT2D eigenvalue weighted by atomic mass is 9.76. The monoisotopic (exact) mass is 347 g/mol. The minimum Gasteiger partial charge on any atom is -0.334 e. The number of halogens is 2. The van der Waals surface area contributed by atoms with Crippen LogP contribution in [0.5, 0.6) is 0 Å². The van der Waals surface area contributed by atoms with Crippen LogP contribution in [-0.4, -0.2) is 17.4 Å². The van der Waals surface area contributed by atoms with Crippen LogP contribution in [0.25, 0.3) is 0 Å². The Morgan fingerprint density at radius 1 is 1.32 bits per heavy atom. The van der Waals surface area contributed by atoms with Gasteiger partial charge in [-0.2, -0.15) is 0 Å². The first-order valence-corrected chi connectivity index (χ1v) is 8.80. The third-order valence-electron chi connectivity index (χ3n) is 5.28. The summed E-state index contributed by atoms with van der Waals surface area (Å²) in [5.41, 5.74) is 2.76. The van der Waals surface area contributed by atoms with Crippen LogP contribution in [0.4, 0.5) is 8.78 Å². The largest absolute Gasteiger partial charge is 0.334 e. The van der Waals surface area contributed by atoms with E-state index in [0.717, 1.165) is 30.1 Å². The molecule has 2 nitrogen and oxygen atoms in total. The van der Waals surface area contributed by atoms with Gasteiger partial charge in [0.05, 0.1) is 0 Å². The Labute approximate surface area is 149 Å². The van der Waals surface area contributed by atoms with Crippen molar-refractivity contribution >= 4 is 5.91 Å². The molecule has 0 radical (unpaired) electrons. The maximum atomic E-state index is 14.0. The van der Waals surface area contributed by atoms with E-state index in [1.54, 1.807) is 4.90 Å². The number of hydrogen-bond acceptors (Lipinski definition) is 1. The van der Waals surface area contributed by atoms with Crippen LogP contribution in [0.15, 0.2) is 41.5 Å². The van der Waals surface area contributed by atoms with Gasteiger partial charge in [0.1, 0.15) is 11.6 Å². The Morgan fingerprint density at radius 3 is 2.60 bits per heavy atom. The molecule has 1 heterocycles. The predicted molar refractivity (Wildman–Crippen MR) is 96.9 cm³/mol. The molecule has 0 N–H and O–H groups in total. The zero-order valence-corrected chi connectivity index (χ0v) is 15.6. The number of amides is 1. The van der Waals surface area contributed by atoms with Crippen molar-refractivity contribution < 1.29 is 13.6 Å². The van der Waals surface area contributed by atoms with Gasteiger partial charge in [0.15, 0.2) is 0 Å². The van der Waals surface area contributed by atoms with Crippen molar-refractivity contribution in [2.45, 2.75) is 53.5 Å². The highest BCUT2D eigenvalue weighted by Crippen LogP contribution is 2.38. The van der Waals surface area contributed by atoms with Crippen molar-refractivity contribution in [1.82, 2.24) is 4.90 Å². The smallest absolute Gasteiger partial charge is 0.254 e. The number of carbonyl (C=O) groups excluding carboxylic acids is 1. The van der Waals surface area contributed by atoms with Crippen molar-refractivity contribution in [3.8, 4) is 0 Å². The SMILES string of the molecule is C=C(CC)/C1=C(\C)C(C)(C)CCCN(Cc2ccc(F)cc2F)C1=O. The third kappa shape index (κ3) is 4.17. The van der Waals surface area contributed by atoms with E-state index in [1.165, 1.54) is 12.1 Å². The van der Waals surface area contributed by atoms with Crippen LogP contribution in [0, 0.1) is 17.0 Å². The molecule has 2 rings (SSSR count). The molecule has 0 aromatic heterocycles. The van der Waals surface area contributed by atoms with Crippen molar-refractivity contribution in [3.05, 3.63) is 58.7 Å². The van der Waals surface area contributed by atoms with Gasteiger partial charge < -0.3 is 4.90 Å². The molecule has 0 atom stereocenters. The zero-order valence-electron chi connectivity index (χ0n) is 15.6. The number of carbonyl (C=O) groups is 1. The van der Waals surface area contributed by atoms with E-state index in [2.05, 4.69) is 20.4 Å². The Hall–Kier alpha value is -1.97. The molecule has 0 saturated carbocycles. The molecule has 1 aliphatic heterocycles. The molecule has 0 spiro atoms. The number of nitrogens with zero attached hydrogens (tertiary/aromatic N) is 1. The van der Waals surface area contributed by atoms with Crippen LogP contribution in [0.2, 0.25) is 0 Å². The summed E-state index contributed by atoms with van der Waals surface area (Å²) in [6, 6.07) is 3.49. The Morgan fingerprint density at radius 2 is 2.00 bits per heavy atom. The summed E-state index contributed by atoms with van der Waals surface area (Å²) >= 11 is 0. The van der Waals surface area contributed by atoms with Gasteiger partial charge in [-0.1, -0.05) is 39.0 Å². The van der Waals surface area contributed by atoms with Crippen LogP contribution in [0.1, 0.15) is 52.5 Å². The molecule has 4 heteroatoms. The second kappa shape index (κ2) is 7.51. The molecule has 1 amide bonds. The normalized spacial score (nSPS) is 21.0. The standard InChI is InChI=1S/C21H27F2NO/c1-6-14(2)19-15(3)21(4,5)10-7-11-24(20(19)25)13-16-8-9-17(22)12-18(16)23/h8-9,12H,2,6-7,10-11,13H2,1,3-5H3/b19-15-. The summed E-state index contributed by atoms with van der Waals surface area (Å²) in [6.07, 6.45) is 2.47. The van der Waals surface area contributed by atoms with Gasteiger partial charge in [-0.25, -0.2) is 8.78 Å². The second-order valence-corrected chi connectivity index (χ2v) is 7.41. The summed E-state index contributed by atoms with van der Waals surface area (Å²) in [6.45, 7) is 13.0. The van der Waals surface area contributed by atoms with E-state index in [1.807, 2.05) is 13.8 Å². The minimum atomic E-state index is -0.619. The second-order valence-electron chi connectivity index (χ2n) is 7.41. The van der Waals surface area contributed by atoms with Crippen LogP contribution < -0.4 is 0 Å². The topological polar surface area (TPSA) is 20.3 Å². The Balaban J connectivity index is 2.42. The molecular weight excluding hydrogens is 320 g/mol. The fourth-order valence-corrected chi connectivity index (χ4v) is 3.26. The quantitative estimate of drug-likeness (QED) is 0.714. The number of hydrogen-bond donors (Lipinski definition) is 0. The van der Waals surface area contributed by atoms with Gasteiger partial charge in [-0.15, -0.1) is 0 Å². The van der Waals surface area contributed by atoms with Gasteiger partial charge in [0.2, 0.25) is 0 Å². The fourth-order valence-electron chi connectivity index (χ4n) is 3.26. The number of rotatable bonds is 4. The summed E-state index contributed by atoms with van der Waals surface area (Å²) < 4.78 is 27.2. The molecule has 1 aliphatic rings. The average molecular weight is 347 g/mol.